The fourth-order valence-corrected chi connectivity index (χ4v) is 4.21. The summed E-state index contributed by atoms with van der Waals surface area (Å²) in [6.07, 6.45) is -1.91. The fraction of sp³-hybridized carbons (Fsp3) is 0.462. The molecule has 8 heteroatoms. The number of benzene rings is 2. The van der Waals surface area contributed by atoms with Crippen molar-refractivity contribution in [1.29, 1.82) is 0 Å². The van der Waals surface area contributed by atoms with E-state index >= 15 is 0 Å². The van der Waals surface area contributed by atoms with Gasteiger partial charge in [-0.2, -0.15) is 0 Å². The zero-order chi connectivity index (χ0) is 24.2. The number of urea groups is 1. The molecule has 2 heterocycles. The largest absolute Gasteiger partial charge is 0.441 e. The van der Waals surface area contributed by atoms with E-state index in [4.69, 9.17) is 14.2 Å². The molecule has 0 aromatic heterocycles. The molecule has 0 bridgehead atoms. The van der Waals surface area contributed by atoms with Gasteiger partial charge in [0.25, 0.3) is 0 Å². The van der Waals surface area contributed by atoms with Crippen LogP contribution in [0.5, 0.6) is 0 Å². The first-order valence-electron chi connectivity index (χ1n) is 11.8. The molecule has 8 nitrogen and oxygen atoms in total. The van der Waals surface area contributed by atoms with Crippen LogP contribution in [0.4, 0.5) is 21.0 Å². The molecule has 3 amide bonds. The highest BCUT2D eigenvalue weighted by atomic mass is 16.6. The lowest BCUT2D eigenvalue weighted by atomic mass is 10.0. The van der Waals surface area contributed by atoms with E-state index < -0.39 is 18.3 Å². The van der Waals surface area contributed by atoms with Gasteiger partial charge in [0.05, 0.1) is 19.3 Å². The number of carbonyl (C=O) groups is 2. The maximum absolute atomic E-state index is 12.5. The number of hydrogen-bond donors (Lipinski definition) is 3. The number of anilines is 2. The van der Waals surface area contributed by atoms with Gasteiger partial charge in [0.2, 0.25) is 0 Å². The zero-order valence-corrected chi connectivity index (χ0v) is 20.0. The van der Waals surface area contributed by atoms with E-state index in [-0.39, 0.29) is 31.4 Å². The van der Waals surface area contributed by atoms with Crippen molar-refractivity contribution in [1.82, 2.24) is 5.32 Å². The number of carbonyl (C=O) groups excluding carboxylic acids is 2. The predicted octanol–water partition coefficient (Wildman–Crippen LogP) is 4.84. The van der Waals surface area contributed by atoms with Crippen LogP contribution in [0, 0.1) is 0 Å². The van der Waals surface area contributed by atoms with E-state index in [0.717, 1.165) is 0 Å². The first-order chi connectivity index (χ1) is 16.3. The van der Waals surface area contributed by atoms with Gasteiger partial charge in [0, 0.05) is 11.4 Å². The smallest absolute Gasteiger partial charge is 0.412 e. The Morgan fingerprint density at radius 1 is 0.794 bits per heavy atom. The van der Waals surface area contributed by atoms with Crippen molar-refractivity contribution in [2.45, 2.75) is 63.9 Å². The van der Waals surface area contributed by atoms with Crippen molar-refractivity contribution in [2.75, 3.05) is 23.8 Å². The van der Waals surface area contributed by atoms with Crippen molar-refractivity contribution >= 4 is 23.5 Å². The summed E-state index contributed by atoms with van der Waals surface area (Å²) in [5, 5.41) is 8.49. The van der Waals surface area contributed by atoms with Crippen LogP contribution in [-0.2, 0) is 14.2 Å². The summed E-state index contributed by atoms with van der Waals surface area (Å²) in [7, 11) is 0. The maximum atomic E-state index is 12.5. The summed E-state index contributed by atoms with van der Waals surface area (Å²) >= 11 is 0. The van der Waals surface area contributed by atoms with Gasteiger partial charge >= 0.3 is 12.1 Å². The quantitative estimate of drug-likeness (QED) is 0.565. The molecule has 182 valence electrons. The summed E-state index contributed by atoms with van der Waals surface area (Å²) in [4.78, 5) is 24.9. The monoisotopic (exact) mass is 467 g/mol. The molecule has 2 aromatic rings. The third-order valence-electron chi connectivity index (χ3n) is 6.24. The summed E-state index contributed by atoms with van der Waals surface area (Å²) < 4.78 is 17.2. The molecule has 0 radical (unpaired) electrons. The third kappa shape index (κ3) is 5.69. The summed E-state index contributed by atoms with van der Waals surface area (Å²) in [6.45, 7) is 8.98. The van der Waals surface area contributed by atoms with Crippen LogP contribution in [0.3, 0.4) is 0 Å². The molecular formula is C26H33N3O5. The highest BCUT2D eigenvalue weighted by Gasteiger charge is 2.50. The Hall–Kier alpha value is -3.10. The van der Waals surface area contributed by atoms with Crippen molar-refractivity contribution in [3.8, 4) is 0 Å². The van der Waals surface area contributed by atoms with E-state index in [9.17, 15) is 9.59 Å². The summed E-state index contributed by atoms with van der Waals surface area (Å²) in [5.41, 5.74) is 3.78. The number of rotatable bonds is 6. The normalized spacial score (nSPS) is 23.6. The molecule has 4 rings (SSSR count). The molecule has 0 saturated carbocycles. The van der Waals surface area contributed by atoms with Gasteiger partial charge in [0.1, 0.15) is 12.2 Å². The van der Waals surface area contributed by atoms with Gasteiger partial charge < -0.3 is 24.8 Å². The van der Waals surface area contributed by atoms with Crippen molar-refractivity contribution in [3.05, 3.63) is 59.7 Å². The number of nitrogens with one attached hydrogen (secondary N) is 3. The standard InChI is InChI=1S/C26H33N3O5/c1-15(2)17-5-9-19(10-6-17)27-25(30)29-21-13-32-24-22(14-33-23(21)24)34-26(31)28-20-11-7-18(8-12-20)16(3)4/h5-12,15-16,21-24H,13-14H2,1-4H3,(H,28,31)(H2,27,29,30). The van der Waals surface area contributed by atoms with Gasteiger partial charge in [-0.25, -0.2) is 9.59 Å². The van der Waals surface area contributed by atoms with Crippen LogP contribution in [0.1, 0.15) is 50.7 Å². The molecular weight excluding hydrogens is 434 g/mol. The molecule has 4 unspecified atom stereocenters. The van der Waals surface area contributed by atoms with Gasteiger partial charge in [-0.3, -0.25) is 5.32 Å². The Balaban J connectivity index is 1.25. The molecule has 2 saturated heterocycles. The van der Waals surface area contributed by atoms with Crippen molar-refractivity contribution < 1.29 is 23.8 Å². The van der Waals surface area contributed by atoms with Crippen LogP contribution >= 0.6 is 0 Å². The van der Waals surface area contributed by atoms with Crippen molar-refractivity contribution in [2.24, 2.45) is 0 Å². The van der Waals surface area contributed by atoms with E-state index in [1.165, 1.54) is 11.1 Å². The third-order valence-corrected chi connectivity index (χ3v) is 6.24. The van der Waals surface area contributed by atoms with Crippen LogP contribution in [0.15, 0.2) is 48.5 Å². The van der Waals surface area contributed by atoms with Crippen LogP contribution in [0.2, 0.25) is 0 Å². The number of ether oxygens (including phenoxy) is 3. The average molecular weight is 468 g/mol. The molecule has 2 aliphatic rings. The highest BCUT2D eigenvalue weighted by molar-refractivity contribution is 5.89. The molecule has 2 aromatic carbocycles. The minimum absolute atomic E-state index is 0.214. The summed E-state index contributed by atoms with van der Waals surface area (Å²) in [6, 6.07) is 14.8. The van der Waals surface area contributed by atoms with Gasteiger partial charge in [0.15, 0.2) is 6.10 Å². The van der Waals surface area contributed by atoms with E-state index in [1.54, 1.807) is 0 Å². The lowest BCUT2D eigenvalue weighted by molar-refractivity contribution is 0.00873. The Bertz CT molecular complexity index is 909. The Morgan fingerprint density at radius 2 is 1.32 bits per heavy atom. The van der Waals surface area contributed by atoms with Crippen LogP contribution < -0.4 is 16.0 Å². The van der Waals surface area contributed by atoms with E-state index in [2.05, 4.69) is 43.6 Å². The average Bonchev–Trinajstić information content (AvgIpc) is 3.38. The molecule has 3 N–H and O–H groups in total. The number of amides is 3. The Labute approximate surface area is 200 Å². The molecule has 0 spiro atoms. The molecule has 2 aliphatic heterocycles. The lowest BCUT2D eigenvalue weighted by Gasteiger charge is -2.18. The molecule has 34 heavy (non-hydrogen) atoms. The second-order valence-electron chi connectivity index (χ2n) is 9.42. The van der Waals surface area contributed by atoms with Crippen molar-refractivity contribution in [3.63, 3.8) is 0 Å². The molecule has 0 aliphatic carbocycles. The topological polar surface area (TPSA) is 97.9 Å². The SMILES string of the molecule is CC(C)c1ccc(NC(=O)NC2COC3C(OC(=O)Nc4ccc(C(C)C)cc4)COC23)cc1. The van der Waals surface area contributed by atoms with Gasteiger partial charge in [-0.1, -0.05) is 52.0 Å². The number of hydrogen-bond acceptors (Lipinski definition) is 5. The molecule has 4 atom stereocenters. The van der Waals surface area contributed by atoms with Crippen LogP contribution in [0.25, 0.3) is 0 Å². The Kier molecular flexibility index (Phi) is 7.38. The maximum Gasteiger partial charge on any atom is 0.412 e. The van der Waals surface area contributed by atoms with E-state index in [1.807, 2.05) is 48.5 Å². The zero-order valence-electron chi connectivity index (χ0n) is 20.0. The van der Waals surface area contributed by atoms with Gasteiger partial charge in [-0.05, 0) is 47.2 Å². The first-order valence-corrected chi connectivity index (χ1v) is 11.8. The van der Waals surface area contributed by atoms with Gasteiger partial charge in [-0.15, -0.1) is 0 Å². The first kappa shape index (κ1) is 24.0. The highest BCUT2D eigenvalue weighted by Crippen LogP contribution is 2.29. The summed E-state index contributed by atoms with van der Waals surface area (Å²) in [5.74, 6) is 0.847. The van der Waals surface area contributed by atoms with E-state index in [0.29, 0.717) is 23.2 Å². The number of fused-ring (bicyclic) bond motifs is 1. The predicted molar refractivity (Wildman–Crippen MR) is 130 cm³/mol. The fourth-order valence-electron chi connectivity index (χ4n) is 4.21. The minimum atomic E-state index is -0.561. The van der Waals surface area contributed by atoms with Crippen LogP contribution in [-0.4, -0.2) is 49.7 Å². The minimum Gasteiger partial charge on any atom is -0.441 e. The Morgan fingerprint density at radius 3 is 1.88 bits per heavy atom. The second-order valence-corrected chi connectivity index (χ2v) is 9.42. The second kappa shape index (κ2) is 10.4. The lowest BCUT2D eigenvalue weighted by Crippen LogP contribution is -2.46. The molecule has 2 fully saturated rings.